The lowest BCUT2D eigenvalue weighted by Crippen LogP contribution is -2.50. The monoisotopic (exact) mass is 422 g/mol. The molecule has 0 bridgehead atoms. The van der Waals surface area contributed by atoms with Crippen molar-refractivity contribution in [2.75, 3.05) is 66.0 Å². The first kappa shape index (κ1) is 23.6. The van der Waals surface area contributed by atoms with Crippen molar-refractivity contribution in [2.24, 2.45) is 0 Å². The van der Waals surface area contributed by atoms with Crippen LogP contribution in [0.2, 0.25) is 0 Å². The molecule has 9 heteroatoms. The fourth-order valence-electron chi connectivity index (χ4n) is 3.91. The number of carboxylic acids is 1. The van der Waals surface area contributed by atoms with Crippen LogP contribution in [0.1, 0.15) is 38.5 Å². The van der Waals surface area contributed by atoms with Crippen molar-refractivity contribution in [3.05, 3.63) is 0 Å². The molecule has 0 aliphatic carbocycles. The van der Waals surface area contributed by atoms with Gasteiger partial charge in [-0.2, -0.15) is 0 Å². The molecule has 0 aromatic rings. The standard InChI is InChI=1S/C20H37N5O4/c1-23-11-13-24(14-12-23)15-17-5-4-10-25(17)16-19(27)22-8-2-6-18(26)21-9-3-7-20(28)29/h17H,2-16H2,1H3,(H,21,26)(H,22,27)(H,28,29)/i2+1,6+1,8+1,11+1,13+1,15+1,17+1,18+1,20+1,22+1,25+1. The first-order valence-corrected chi connectivity index (χ1v) is 10.8. The Kier molecular flexibility index (Phi) is 10.4. The second-order valence-electron chi connectivity index (χ2n) is 8.17. The molecule has 2 rings (SSSR count). The maximum absolute atomic E-state index is 12.3. The van der Waals surface area contributed by atoms with Crippen LogP contribution in [0.3, 0.4) is 0 Å². The summed E-state index contributed by atoms with van der Waals surface area (Å²) in [5, 5.41) is 14.2. The van der Waals surface area contributed by atoms with Crippen LogP contribution in [0.5, 0.6) is 0 Å². The van der Waals surface area contributed by atoms with Gasteiger partial charge in [-0.15, -0.1) is 0 Å². The molecule has 0 saturated carbocycles. The Morgan fingerprint density at radius 2 is 1.59 bits per heavy atom. The number of likely N-dealkylation sites (N-methyl/N-ethyl adjacent to an activating group) is 1. The van der Waals surface area contributed by atoms with Crippen molar-refractivity contribution < 1.29 is 19.5 Å². The molecule has 0 aromatic heterocycles. The Morgan fingerprint density at radius 1 is 0.931 bits per heavy atom. The zero-order valence-electron chi connectivity index (χ0n) is 17.7. The molecule has 2 fully saturated rings. The zero-order chi connectivity index (χ0) is 21.1. The number of nitrogens with zero attached hydrogens (tertiary/aromatic N) is 3. The molecule has 3 N–H and O–H groups in total. The molecule has 2 saturated heterocycles. The van der Waals surface area contributed by atoms with Gasteiger partial charge in [0.15, 0.2) is 0 Å². The van der Waals surface area contributed by atoms with Gasteiger partial charge in [0.25, 0.3) is 0 Å². The van der Waals surface area contributed by atoms with Gasteiger partial charge in [-0.25, -0.2) is 0 Å². The summed E-state index contributed by atoms with van der Waals surface area (Å²) in [5.74, 6) is -0.931. The summed E-state index contributed by atoms with van der Waals surface area (Å²) in [7, 11) is 2.16. The van der Waals surface area contributed by atoms with E-state index in [1.165, 1.54) is 0 Å². The minimum atomic E-state index is -0.856. The number of hydrogen-bond donors (Lipinski definition) is 3. The third-order valence-corrected chi connectivity index (χ3v) is 5.70. The van der Waals surface area contributed by atoms with E-state index in [2.05, 4.69) is 32.4 Å². The fourth-order valence-corrected chi connectivity index (χ4v) is 3.91. The molecule has 9 nitrogen and oxygen atoms in total. The van der Waals surface area contributed by atoms with E-state index >= 15 is 0 Å². The topological polar surface area (TPSA) is 105 Å². The third-order valence-electron chi connectivity index (χ3n) is 5.70. The van der Waals surface area contributed by atoms with Gasteiger partial charge in [0, 0.05) is 64.7 Å². The number of carboxylic acid groups (broad SMARTS) is 1. The zero-order valence-corrected chi connectivity index (χ0v) is 17.7. The van der Waals surface area contributed by atoms with E-state index in [0.717, 1.165) is 52.1 Å². The molecule has 2 amide bonds. The van der Waals surface area contributed by atoms with E-state index in [9.17, 15) is 14.4 Å². The molecule has 1 atom stereocenters. The number of hydrogen-bond acceptors (Lipinski definition) is 6. The number of likely N-dealkylation sites (tertiary alicyclic amines) is 1. The van der Waals surface area contributed by atoms with Gasteiger partial charge in [-0.1, -0.05) is 0 Å². The summed E-state index contributed by atoms with van der Waals surface area (Å²) in [5.41, 5.74) is 0. The maximum Gasteiger partial charge on any atom is 0.303 e. The summed E-state index contributed by atoms with van der Waals surface area (Å²) >= 11 is 0. The number of carbonyl (C=O) groups is 3. The number of carbonyl (C=O) groups excluding carboxylic acids is 2. The largest absolute Gasteiger partial charge is 0.481 e. The predicted molar refractivity (Wildman–Crippen MR) is 111 cm³/mol. The molecule has 2 aliphatic rings. The Hall–Kier alpha value is -1.71. The van der Waals surface area contributed by atoms with E-state index < -0.39 is 5.97 Å². The van der Waals surface area contributed by atoms with Gasteiger partial charge in [0.05, 0.1) is 6.54 Å². The molecular weight excluding hydrogens is 385 g/mol. The quantitative estimate of drug-likeness (QED) is 0.223. The summed E-state index contributed by atoms with van der Waals surface area (Å²) < 4.78 is 0. The molecular formula is C20H37N5O4. The molecule has 29 heavy (non-hydrogen) atoms. The van der Waals surface area contributed by atoms with Crippen LogP contribution in [0.4, 0.5) is 0 Å². The number of piperazine rings is 1. The van der Waals surface area contributed by atoms with E-state index in [0.29, 0.717) is 44.9 Å². The van der Waals surface area contributed by atoms with Crippen LogP contribution in [0, 0.1) is 0 Å². The number of nitrogens with one attached hydrogen (secondary N) is 2. The lowest BCUT2D eigenvalue weighted by Gasteiger charge is -2.36. The number of rotatable bonds is 12. The van der Waals surface area contributed by atoms with Crippen molar-refractivity contribution in [1.29, 1.82) is 0 Å². The Bertz CT molecular complexity index is 537. The highest BCUT2D eigenvalue weighted by Gasteiger charge is 2.28. The van der Waals surface area contributed by atoms with Crippen LogP contribution in [-0.2, 0) is 14.4 Å². The van der Waals surface area contributed by atoms with Gasteiger partial charge in [0.1, 0.15) is 0 Å². The minimum absolute atomic E-state index is 0.0251. The summed E-state index contributed by atoms with van der Waals surface area (Å²) in [6, 6.07) is 0.459. The fraction of sp³-hybridized carbons (Fsp3) is 0.850. The van der Waals surface area contributed by atoms with E-state index in [-0.39, 0.29) is 18.2 Å². The third kappa shape index (κ3) is 9.56. The van der Waals surface area contributed by atoms with Crippen molar-refractivity contribution in [2.45, 2.75) is 44.6 Å². The normalized spacial score (nSPS) is 21.2. The van der Waals surface area contributed by atoms with Crippen molar-refractivity contribution in [3.63, 3.8) is 0 Å². The predicted octanol–water partition coefficient (Wildman–Crippen LogP) is -0.424. The van der Waals surface area contributed by atoms with Crippen molar-refractivity contribution in [1.82, 2.24) is 25.3 Å². The minimum Gasteiger partial charge on any atom is -0.481 e. The molecule has 2 heterocycles. The molecule has 0 spiro atoms. The lowest BCUT2D eigenvalue weighted by molar-refractivity contribution is -0.137. The average molecular weight is 422 g/mol. The van der Waals surface area contributed by atoms with Gasteiger partial charge >= 0.3 is 5.97 Å². The van der Waals surface area contributed by atoms with E-state index in [1.54, 1.807) is 0 Å². The maximum atomic E-state index is 12.3. The molecule has 166 valence electrons. The van der Waals surface area contributed by atoms with Crippen LogP contribution < -0.4 is 10.6 Å². The number of aliphatic carboxylic acids is 1. The molecule has 0 aromatic carbocycles. The van der Waals surface area contributed by atoms with E-state index in [4.69, 9.17) is 5.11 Å². The highest BCUT2D eigenvalue weighted by Crippen LogP contribution is 2.18. The summed E-state index contributed by atoms with van der Waals surface area (Å²) in [6.07, 6.45) is 3.71. The summed E-state index contributed by atoms with van der Waals surface area (Å²) in [6.45, 7) is 7.74. The van der Waals surface area contributed by atoms with Gasteiger partial charge < -0.3 is 20.6 Å². The smallest absolute Gasteiger partial charge is 0.303 e. The first-order chi connectivity index (χ1) is 13.9. The lowest BCUT2D eigenvalue weighted by atomic mass is 10.4. The second kappa shape index (κ2) is 12.8. The number of amides is 2. The second-order valence-corrected chi connectivity index (χ2v) is 8.17. The van der Waals surface area contributed by atoms with Gasteiger partial charge in [0.2, 0.25) is 11.8 Å². The van der Waals surface area contributed by atoms with Crippen LogP contribution >= 0.6 is 0 Å². The van der Waals surface area contributed by atoms with Crippen LogP contribution in [-0.4, -0.2) is 110 Å². The Labute approximate surface area is 173 Å². The molecule has 0 radical (unpaired) electrons. The SMILES string of the molecule is CN1CCN([13CH2][13CH]2CCC[15N]2CC(=O)[15NH][13CH2][13CH2][13CH2][13C](=O)NCCC[13C](=O)O)[13CH2][13CH2]1. The molecule has 2 aliphatic heterocycles. The van der Waals surface area contributed by atoms with Crippen molar-refractivity contribution >= 4 is 17.8 Å². The molecule has 1 unspecified atom stereocenters. The van der Waals surface area contributed by atoms with Gasteiger partial charge in [-0.3, -0.25) is 24.2 Å². The van der Waals surface area contributed by atoms with Gasteiger partial charge in [-0.05, 0) is 39.3 Å². The highest BCUT2D eigenvalue weighted by molar-refractivity contribution is 5.78. The van der Waals surface area contributed by atoms with Crippen LogP contribution in [0.25, 0.3) is 0 Å². The highest BCUT2D eigenvalue weighted by atomic mass is 16.5. The summed E-state index contributed by atoms with van der Waals surface area (Å²) in [4.78, 5) is 41.5. The first-order valence-electron chi connectivity index (χ1n) is 10.8. The average Bonchev–Trinajstić information content (AvgIpc) is 3.10. The van der Waals surface area contributed by atoms with Crippen molar-refractivity contribution in [3.8, 4) is 0 Å². The van der Waals surface area contributed by atoms with E-state index in [1.807, 2.05) is 0 Å². The van der Waals surface area contributed by atoms with Crippen LogP contribution in [0.15, 0.2) is 0 Å². The Morgan fingerprint density at radius 3 is 2.28 bits per heavy atom. The Balaban J connectivity index is 1.55.